The van der Waals surface area contributed by atoms with E-state index < -0.39 is 33.9 Å². The Labute approximate surface area is 131 Å². The second-order valence-electron chi connectivity index (χ2n) is 5.28. The number of aromatic nitrogens is 2. The van der Waals surface area contributed by atoms with Crippen LogP contribution in [-0.2, 0) is 23.6 Å². The highest BCUT2D eigenvalue weighted by atomic mass is 16.6. The van der Waals surface area contributed by atoms with E-state index in [0.717, 1.165) is 11.6 Å². The first kappa shape index (κ1) is 18.4. The number of carbonyl (C=O) groups excluding carboxylic acids is 1. The zero-order valence-corrected chi connectivity index (χ0v) is 13.7. The molecule has 0 radical (unpaired) electrons. The number of hydrogen-bond donors (Lipinski definition) is 1. The van der Waals surface area contributed by atoms with Crippen molar-refractivity contribution in [1.82, 2.24) is 9.13 Å². The van der Waals surface area contributed by atoms with Crippen molar-refractivity contribution in [1.29, 1.82) is 0 Å². The van der Waals surface area contributed by atoms with Crippen LogP contribution in [0.5, 0.6) is 0 Å². The summed E-state index contributed by atoms with van der Waals surface area (Å²) < 4.78 is 6.48. The normalized spacial score (nSPS) is 12.1. The van der Waals surface area contributed by atoms with Crippen LogP contribution in [0.15, 0.2) is 9.59 Å². The van der Waals surface area contributed by atoms with Gasteiger partial charge in [0, 0.05) is 14.1 Å². The highest BCUT2D eigenvalue weighted by molar-refractivity contribution is 5.80. The quantitative estimate of drug-likeness (QED) is 0.442. The molecule has 0 aliphatic rings. The third-order valence-electron chi connectivity index (χ3n) is 3.32. The molecule has 0 aliphatic heterocycles. The second-order valence-corrected chi connectivity index (χ2v) is 5.28. The number of nitro groups is 1. The highest BCUT2D eigenvalue weighted by Gasteiger charge is 2.31. The number of rotatable bonds is 6. The summed E-state index contributed by atoms with van der Waals surface area (Å²) in [5.41, 5.74) is -2.59. The molecule has 0 spiro atoms. The van der Waals surface area contributed by atoms with Crippen molar-refractivity contribution in [3.63, 3.8) is 0 Å². The summed E-state index contributed by atoms with van der Waals surface area (Å²) in [6, 6.07) is -0.939. The SMILES string of the molecule is CCOC(=O)C(Nc1c([N+](=O)[O-])c(=O)n(C)c(=O)n1C)C(C)C. The molecule has 1 rings (SSSR count). The van der Waals surface area contributed by atoms with E-state index in [0.29, 0.717) is 4.57 Å². The molecule has 1 aromatic rings. The molecule has 128 valence electrons. The summed E-state index contributed by atoms with van der Waals surface area (Å²) >= 11 is 0. The van der Waals surface area contributed by atoms with Crippen molar-refractivity contribution in [3.8, 4) is 0 Å². The minimum Gasteiger partial charge on any atom is -0.464 e. The number of nitrogens with one attached hydrogen (secondary N) is 1. The summed E-state index contributed by atoms with van der Waals surface area (Å²) in [6.07, 6.45) is 0. The highest BCUT2D eigenvalue weighted by Crippen LogP contribution is 2.20. The lowest BCUT2D eigenvalue weighted by Crippen LogP contribution is -2.43. The van der Waals surface area contributed by atoms with E-state index in [1.807, 2.05) is 0 Å². The van der Waals surface area contributed by atoms with Gasteiger partial charge in [0.2, 0.25) is 0 Å². The standard InChI is InChI=1S/C13H20N4O6/c1-6-23-12(19)8(7(2)3)14-10-9(17(21)22)11(18)16(5)13(20)15(10)4/h7-8,14H,6H2,1-5H3. The number of ether oxygens (including phenoxy) is 1. The Bertz CT molecular complexity index is 733. The monoisotopic (exact) mass is 328 g/mol. The first-order chi connectivity index (χ1) is 10.6. The lowest BCUT2D eigenvalue weighted by molar-refractivity contribution is -0.386. The Morgan fingerprint density at radius 2 is 1.87 bits per heavy atom. The number of carbonyl (C=O) groups is 1. The molecule has 23 heavy (non-hydrogen) atoms. The maximum atomic E-state index is 12.0. The van der Waals surface area contributed by atoms with Crippen molar-refractivity contribution in [2.75, 3.05) is 11.9 Å². The van der Waals surface area contributed by atoms with Crippen molar-refractivity contribution in [2.24, 2.45) is 20.0 Å². The van der Waals surface area contributed by atoms with Crippen LogP contribution in [0.4, 0.5) is 11.5 Å². The van der Waals surface area contributed by atoms with E-state index >= 15 is 0 Å². The average molecular weight is 328 g/mol. The smallest absolute Gasteiger partial charge is 0.374 e. The van der Waals surface area contributed by atoms with Gasteiger partial charge in [-0.25, -0.2) is 9.59 Å². The van der Waals surface area contributed by atoms with Gasteiger partial charge in [-0.3, -0.25) is 24.0 Å². The average Bonchev–Trinajstić information content (AvgIpc) is 2.46. The van der Waals surface area contributed by atoms with Gasteiger partial charge in [0.15, 0.2) is 5.82 Å². The lowest BCUT2D eigenvalue weighted by Gasteiger charge is -2.22. The molecule has 0 saturated carbocycles. The molecule has 0 saturated heterocycles. The zero-order valence-electron chi connectivity index (χ0n) is 13.7. The van der Waals surface area contributed by atoms with E-state index in [9.17, 15) is 24.5 Å². The van der Waals surface area contributed by atoms with Gasteiger partial charge in [-0.1, -0.05) is 13.8 Å². The van der Waals surface area contributed by atoms with Crippen molar-refractivity contribution in [3.05, 3.63) is 31.0 Å². The fraction of sp³-hybridized carbons (Fsp3) is 0.615. The molecule has 0 aliphatic carbocycles. The van der Waals surface area contributed by atoms with E-state index in [1.165, 1.54) is 7.05 Å². The van der Waals surface area contributed by atoms with Crippen LogP contribution in [0.1, 0.15) is 20.8 Å². The molecule has 1 N–H and O–H groups in total. The topological polar surface area (TPSA) is 125 Å². The van der Waals surface area contributed by atoms with Crippen molar-refractivity contribution < 1.29 is 14.5 Å². The Kier molecular flexibility index (Phi) is 5.66. The van der Waals surface area contributed by atoms with Crippen LogP contribution < -0.4 is 16.6 Å². The van der Waals surface area contributed by atoms with E-state index in [1.54, 1.807) is 20.8 Å². The Balaban J connectivity index is 3.53. The maximum absolute atomic E-state index is 12.0. The van der Waals surface area contributed by atoms with E-state index in [4.69, 9.17) is 4.74 Å². The molecule has 10 heteroatoms. The van der Waals surface area contributed by atoms with Gasteiger partial charge in [-0.2, -0.15) is 0 Å². The van der Waals surface area contributed by atoms with Gasteiger partial charge in [0.25, 0.3) is 0 Å². The fourth-order valence-electron chi connectivity index (χ4n) is 2.03. The van der Waals surface area contributed by atoms with Crippen LogP contribution in [0.3, 0.4) is 0 Å². The molecule has 0 amide bonds. The predicted octanol–water partition coefficient (Wildman–Crippen LogP) is -0.00820. The second kappa shape index (κ2) is 7.07. The minimum absolute atomic E-state index is 0.140. The van der Waals surface area contributed by atoms with Crippen molar-refractivity contribution in [2.45, 2.75) is 26.8 Å². The molecular formula is C13H20N4O6. The van der Waals surface area contributed by atoms with Crippen LogP contribution in [0.25, 0.3) is 0 Å². The van der Waals surface area contributed by atoms with Crippen LogP contribution in [-0.4, -0.2) is 32.7 Å². The van der Waals surface area contributed by atoms with Gasteiger partial charge >= 0.3 is 22.9 Å². The minimum atomic E-state index is -1.05. The largest absolute Gasteiger partial charge is 0.464 e. The molecule has 1 unspecified atom stereocenters. The molecule has 10 nitrogen and oxygen atoms in total. The molecular weight excluding hydrogens is 308 g/mol. The van der Waals surface area contributed by atoms with E-state index in [2.05, 4.69) is 5.32 Å². The number of nitrogens with zero attached hydrogens (tertiary/aromatic N) is 3. The summed E-state index contributed by atoms with van der Waals surface area (Å²) in [5.74, 6) is -1.23. The maximum Gasteiger partial charge on any atom is 0.374 e. The van der Waals surface area contributed by atoms with Gasteiger partial charge in [-0.05, 0) is 12.8 Å². The molecule has 0 fully saturated rings. The van der Waals surface area contributed by atoms with Gasteiger partial charge in [-0.15, -0.1) is 0 Å². The van der Waals surface area contributed by atoms with Crippen LogP contribution >= 0.6 is 0 Å². The van der Waals surface area contributed by atoms with Crippen LogP contribution in [0.2, 0.25) is 0 Å². The Hall–Kier alpha value is -2.65. The summed E-state index contributed by atoms with van der Waals surface area (Å²) in [4.78, 5) is 46.3. The fourth-order valence-corrected chi connectivity index (χ4v) is 2.03. The third-order valence-corrected chi connectivity index (χ3v) is 3.32. The van der Waals surface area contributed by atoms with Gasteiger partial charge in [0.1, 0.15) is 6.04 Å². The zero-order chi connectivity index (χ0) is 17.9. The number of hydrogen-bond acceptors (Lipinski definition) is 7. The number of esters is 1. The van der Waals surface area contributed by atoms with Crippen LogP contribution in [0, 0.1) is 16.0 Å². The summed E-state index contributed by atoms with van der Waals surface area (Å²) in [5, 5.41) is 13.8. The third kappa shape index (κ3) is 3.58. The first-order valence-corrected chi connectivity index (χ1v) is 7.01. The summed E-state index contributed by atoms with van der Waals surface area (Å²) in [7, 11) is 2.42. The Morgan fingerprint density at radius 1 is 1.30 bits per heavy atom. The summed E-state index contributed by atoms with van der Waals surface area (Å²) in [6.45, 7) is 5.19. The van der Waals surface area contributed by atoms with Crippen molar-refractivity contribution >= 4 is 17.5 Å². The predicted molar refractivity (Wildman–Crippen MR) is 82.5 cm³/mol. The van der Waals surface area contributed by atoms with E-state index in [-0.39, 0.29) is 18.3 Å². The molecule has 1 aromatic heterocycles. The van der Waals surface area contributed by atoms with Gasteiger partial charge in [0.05, 0.1) is 11.5 Å². The lowest BCUT2D eigenvalue weighted by atomic mass is 10.0. The Morgan fingerprint density at radius 3 is 2.30 bits per heavy atom. The first-order valence-electron chi connectivity index (χ1n) is 7.01. The number of anilines is 1. The van der Waals surface area contributed by atoms with Gasteiger partial charge < -0.3 is 10.1 Å². The molecule has 1 atom stereocenters. The molecule has 0 bridgehead atoms. The molecule has 1 heterocycles. The molecule has 0 aromatic carbocycles.